The molecule has 19 nitrogen and oxygen atoms in total. The minimum Gasteiger partial charge on any atom is -0.494 e. The average Bonchev–Trinajstić information content (AvgIpc) is 3.24. The minimum atomic E-state index is -1.20. The van der Waals surface area contributed by atoms with Gasteiger partial charge in [0, 0.05) is 32.5 Å². The summed E-state index contributed by atoms with van der Waals surface area (Å²) in [6, 6.07) is 4.88. The van der Waals surface area contributed by atoms with Crippen molar-refractivity contribution in [3.63, 3.8) is 0 Å². The lowest BCUT2D eigenvalue weighted by Crippen LogP contribution is -2.41. The number of aromatic carboxylic acids is 1. The Bertz CT molecular complexity index is 1440. The first-order chi connectivity index (χ1) is 29.9. The standard InChI is InChI=1S/C42H69N5O14S/c1-32(48)35(47-62)12-9-10-20-43-39(51)30-59-28-27-58-25-22-45-40(52)31-60-29-26-57-24-21-44-37(49)19-18-36(42(55)56)46-38(50)13-8-6-4-2-3-5-7-11-23-61-34-16-14-33(15-17-34)41(53)54/h14-17,35-36,47,62H,2-13,18-31H2,1H3,(H,43,51)(H,44,49)(H,45,52)(H,46,50)(H,53,54)(H,55,56). The zero-order chi connectivity index (χ0) is 45.6. The summed E-state index contributed by atoms with van der Waals surface area (Å²) in [4.78, 5) is 82.2. The van der Waals surface area contributed by atoms with E-state index in [1.165, 1.54) is 19.1 Å². The molecule has 0 spiro atoms. The largest absolute Gasteiger partial charge is 0.494 e. The normalized spacial score (nSPS) is 11.9. The number of hydrogen-bond donors (Lipinski definition) is 8. The van der Waals surface area contributed by atoms with Crippen molar-refractivity contribution >= 4 is 54.2 Å². The second kappa shape index (κ2) is 37.2. The van der Waals surface area contributed by atoms with E-state index >= 15 is 0 Å². The number of amides is 4. The number of nitrogens with one attached hydrogen (secondary N) is 5. The number of ketones is 1. The Balaban J connectivity index is 1.93. The molecule has 0 saturated carbocycles. The molecule has 0 aromatic heterocycles. The molecule has 0 aliphatic carbocycles. The van der Waals surface area contributed by atoms with E-state index < -0.39 is 18.0 Å². The predicted octanol–water partition coefficient (Wildman–Crippen LogP) is 2.60. The topological polar surface area (TPSA) is 266 Å². The quantitative estimate of drug-likeness (QED) is 0.0347. The van der Waals surface area contributed by atoms with E-state index in [4.69, 9.17) is 28.8 Å². The van der Waals surface area contributed by atoms with E-state index in [-0.39, 0.29) is 126 Å². The summed E-state index contributed by atoms with van der Waals surface area (Å²) < 4.78 is 29.6. The second-order valence-corrected chi connectivity index (χ2v) is 14.7. The van der Waals surface area contributed by atoms with Gasteiger partial charge in [-0.05, 0) is 69.7 Å². The summed E-state index contributed by atoms with van der Waals surface area (Å²) in [7, 11) is 0. The van der Waals surface area contributed by atoms with Crippen molar-refractivity contribution in [2.45, 2.75) is 109 Å². The Labute approximate surface area is 370 Å². The first-order valence-corrected chi connectivity index (χ1v) is 21.9. The number of benzene rings is 1. The van der Waals surface area contributed by atoms with Crippen LogP contribution in [0, 0.1) is 0 Å². The number of carboxylic acid groups (broad SMARTS) is 2. The van der Waals surface area contributed by atoms with Crippen molar-refractivity contribution in [2.75, 3.05) is 79.1 Å². The molecule has 0 fully saturated rings. The molecule has 1 aromatic rings. The molecule has 0 radical (unpaired) electrons. The molecule has 1 aromatic carbocycles. The van der Waals surface area contributed by atoms with E-state index in [1.807, 2.05) is 0 Å². The second-order valence-electron chi connectivity index (χ2n) is 14.4. The number of unbranched alkanes of at least 4 members (excludes halogenated alkanes) is 8. The van der Waals surface area contributed by atoms with E-state index in [0.717, 1.165) is 57.8 Å². The van der Waals surface area contributed by atoms with Gasteiger partial charge in [-0.25, -0.2) is 9.59 Å². The molecule has 0 saturated heterocycles. The van der Waals surface area contributed by atoms with Gasteiger partial charge in [0.1, 0.15) is 30.8 Å². The monoisotopic (exact) mass is 899 g/mol. The lowest BCUT2D eigenvalue weighted by molar-refractivity contribution is -0.142. The van der Waals surface area contributed by atoms with Crippen LogP contribution in [0.1, 0.15) is 107 Å². The zero-order valence-corrected chi connectivity index (χ0v) is 37.0. The number of carbonyl (C=O) groups excluding carboxylic acids is 5. The van der Waals surface area contributed by atoms with Crippen LogP contribution in [-0.2, 0) is 47.7 Å². The SMILES string of the molecule is CC(=O)C(CCCCNC(=O)COCCOCCNC(=O)COCCOCCNC(=O)CCC(NC(=O)CCCCCCCCCCOc1ccc(C(=O)O)cc1)C(=O)O)NS. The molecular weight excluding hydrogens is 831 g/mol. The molecule has 20 heteroatoms. The Hall–Kier alpha value is -4.34. The van der Waals surface area contributed by atoms with Crippen LogP contribution in [0.5, 0.6) is 5.75 Å². The van der Waals surface area contributed by atoms with E-state index in [2.05, 4.69) is 38.8 Å². The van der Waals surface area contributed by atoms with Crippen molar-refractivity contribution in [1.29, 1.82) is 0 Å². The fourth-order valence-corrected chi connectivity index (χ4v) is 5.99. The molecule has 2 unspecified atom stereocenters. The number of carboxylic acids is 2. The average molecular weight is 900 g/mol. The summed E-state index contributed by atoms with van der Waals surface area (Å²) in [6.07, 6.45) is 9.81. The number of hydrogen-bond acceptors (Lipinski definition) is 14. The lowest BCUT2D eigenvalue weighted by Gasteiger charge is -2.14. The maximum Gasteiger partial charge on any atom is 0.335 e. The molecule has 4 amide bonds. The van der Waals surface area contributed by atoms with Crippen LogP contribution in [0.25, 0.3) is 0 Å². The summed E-state index contributed by atoms with van der Waals surface area (Å²) >= 11 is 3.94. The predicted molar refractivity (Wildman–Crippen MR) is 232 cm³/mol. The molecule has 7 N–H and O–H groups in total. The van der Waals surface area contributed by atoms with Crippen molar-refractivity contribution in [3.8, 4) is 5.75 Å². The first kappa shape index (κ1) is 55.7. The van der Waals surface area contributed by atoms with Gasteiger partial charge in [-0.15, -0.1) is 0 Å². The molecule has 62 heavy (non-hydrogen) atoms. The Morgan fingerprint density at radius 1 is 0.548 bits per heavy atom. The molecule has 0 heterocycles. The summed E-state index contributed by atoms with van der Waals surface area (Å²) in [5, 5.41) is 29.0. The highest BCUT2D eigenvalue weighted by Gasteiger charge is 2.21. The fourth-order valence-electron chi connectivity index (χ4n) is 5.68. The van der Waals surface area contributed by atoms with Gasteiger partial charge in [-0.1, -0.05) is 51.3 Å². The minimum absolute atomic E-state index is 0.0226. The van der Waals surface area contributed by atoms with Crippen LogP contribution >= 0.6 is 12.8 Å². The van der Waals surface area contributed by atoms with Gasteiger partial charge < -0.3 is 55.2 Å². The molecule has 2 atom stereocenters. The third-order valence-corrected chi connectivity index (χ3v) is 9.51. The van der Waals surface area contributed by atoms with Gasteiger partial charge in [-0.3, -0.25) is 28.7 Å². The van der Waals surface area contributed by atoms with Gasteiger partial charge in [0.25, 0.3) is 0 Å². The zero-order valence-electron chi connectivity index (χ0n) is 36.1. The summed E-state index contributed by atoms with van der Waals surface area (Å²) in [6.45, 7) is 4.03. The maximum absolute atomic E-state index is 12.3. The highest BCUT2D eigenvalue weighted by atomic mass is 32.1. The Kier molecular flexibility index (Phi) is 33.4. The van der Waals surface area contributed by atoms with Crippen LogP contribution in [0.3, 0.4) is 0 Å². The molecule has 0 bridgehead atoms. The fraction of sp³-hybridized carbons (Fsp3) is 0.690. The third kappa shape index (κ3) is 31.5. The van der Waals surface area contributed by atoms with Crippen molar-refractivity contribution in [1.82, 2.24) is 26.0 Å². The van der Waals surface area contributed by atoms with Crippen molar-refractivity contribution < 1.29 is 67.5 Å². The highest BCUT2D eigenvalue weighted by molar-refractivity contribution is 7.78. The number of ether oxygens (including phenoxy) is 5. The van der Waals surface area contributed by atoms with E-state index in [0.29, 0.717) is 31.7 Å². The van der Waals surface area contributed by atoms with E-state index in [9.17, 15) is 38.7 Å². The number of rotatable bonds is 41. The van der Waals surface area contributed by atoms with Gasteiger partial charge >= 0.3 is 11.9 Å². The van der Waals surface area contributed by atoms with Crippen molar-refractivity contribution in [2.24, 2.45) is 0 Å². The van der Waals surface area contributed by atoms with Crippen molar-refractivity contribution in [3.05, 3.63) is 29.8 Å². The van der Waals surface area contributed by atoms with Crippen LogP contribution < -0.4 is 30.7 Å². The maximum atomic E-state index is 12.3. The highest BCUT2D eigenvalue weighted by Crippen LogP contribution is 2.14. The van der Waals surface area contributed by atoms with Crippen LogP contribution in [-0.4, -0.2) is 143 Å². The van der Waals surface area contributed by atoms with Gasteiger partial charge in [0.15, 0.2) is 0 Å². The molecule has 352 valence electrons. The number of thiol groups is 1. The van der Waals surface area contributed by atoms with E-state index in [1.54, 1.807) is 12.1 Å². The third-order valence-electron chi connectivity index (χ3n) is 9.20. The molecule has 0 aliphatic rings. The van der Waals surface area contributed by atoms with Crippen LogP contribution in [0.15, 0.2) is 24.3 Å². The van der Waals surface area contributed by atoms with Gasteiger partial charge in [-0.2, -0.15) is 0 Å². The first-order valence-electron chi connectivity index (χ1n) is 21.4. The molecular formula is C42H69N5O14S. The van der Waals surface area contributed by atoms with Crippen LogP contribution in [0.4, 0.5) is 0 Å². The number of carbonyl (C=O) groups is 7. The number of Topliss-reactive ketones (excluding diaryl/α,β-unsaturated/α-hetero) is 1. The summed E-state index contributed by atoms with van der Waals surface area (Å²) in [5.41, 5.74) is 0.222. The van der Waals surface area contributed by atoms with Crippen LogP contribution in [0.2, 0.25) is 0 Å². The molecule has 1 rings (SSSR count). The smallest absolute Gasteiger partial charge is 0.335 e. The lowest BCUT2D eigenvalue weighted by atomic mass is 10.1. The summed E-state index contributed by atoms with van der Waals surface area (Å²) in [5.74, 6) is -2.79. The van der Waals surface area contributed by atoms with Gasteiger partial charge in [0.2, 0.25) is 23.6 Å². The van der Waals surface area contributed by atoms with Gasteiger partial charge in [0.05, 0.1) is 57.9 Å². The number of aliphatic carboxylic acids is 1. The molecule has 0 aliphatic heterocycles. The Morgan fingerprint density at radius 2 is 1.08 bits per heavy atom. The Morgan fingerprint density at radius 3 is 1.63 bits per heavy atom.